The molecule has 3 aromatic rings. The van der Waals surface area contributed by atoms with Crippen molar-refractivity contribution in [3.8, 4) is 0 Å². The van der Waals surface area contributed by atoms with Crippen molar-refractivity contribution in [2.45, 2.75) is 11.1 Å². The van der Waals surface area contributed by atoms with E-state index < -0.39 is 27.7 Å². The molecule has 2 aromatic carbocycles. The second-order valence-corrected chi connectivity index (χ2v) is 7.13. The molecule has 1 heterocycles. The van der Waals surface area contributed by atoms with Crippen LogP contribution < -0.4 is 4.72 Å². The second-order valence-electron chi connectivity index (χ2n) is 5.45. The highest BCUT2D eigenvalue weighted by atomic mass is 32.2. The molecule has 0 radical (unpaired) electrons. The molecule has 0 unspecified atom stereocenters. The number of fused-ring (bicyclic) bond motifs is 1. The van der Waals surface area contributed by atoms with E-state index in [9.17, 15) is 26.4 Å². The third-order valence-corrected chi connectivity index (χ3v) is 5.08. The number of sulfonamides is 1. The maximum atomic E-state index is 12.6. The van der Waals surface area contributed by atoms with E-state index in [1.807, 2.05) is 0 Å². The van der Waals surface area contributed by atoms with E-state index in [2.05, 4.69) is 19.7 Å². The summed E-state index contributed by atoms with van der Waals surface area (Å²) in [4.78, 5) is 11.3. The van der Waals surface area contributed by atoms with Crippen LogP contribution in [0.4, 0.5) is 18.9 Å². The number of benzene rings is 2. The van der Waals surface area contributed by atoms with Crippen molar-refractivity contribution in [2.75, 3.05) is 11.8 Å². The first-order valence-electron chi connectivity index (χ1n) is 7.38. The van der Waals surface area contributed by atoms with Crippen LogP contribution in [0.1, 0.15) is 16.1 Å². The highest BCUT2D eigenvalue weighted by molar-refractivity contribution is 7.92. The quantitative estimate of drug-likeness (QED) is 0.657. The largest absolute Gasteiger partial charge is 0.464 e. The summed E-state index contributed by atoms with van der Waals surface area (Å²) in [6.07, 6.45) is -4.56. The van der Waals surface area contributed by atoms with Crippen molar-refractivity contribution < 1.29 is 31.1 Å². The Kier molecular flexibility index (Phi) is 4.56. The van der Waals surface area contributed by atoms with Crippen molar-refractivity contribution >= 4 is 32.6 Å². The second kappa shape index (κ2) is 6.58. The van der Waals surface area contributed by atoms with E-state index >= 15 is 0 Å². The maximum Gasteiger partial charge on any atom is 0.416 e. The summed E-state index contributed by atoms with van der Waals surface area (Å²) in [6.45, 7) is 0. The fourth-order valence-electron chi connectivity index (χ4n) is 2.37. The van der Waals surface area contributed by atoms with Gasteiger partial charge in [0.2, 0.25) is 0 Å². The number of anilines is 1. The number of rotatable bonds is 4. The van der Waals surface area contributed by atoms with Crippen LogP contribution in [0.5, 0.6) is 0 Å². The van der Waals surface area contributed by atoms with E-state index in [4.69, 9.17) is 0 Å². The average Bonchev–Trinajstić information content (AvgIpc) is 3.03. The number of nitrogens with zero attached hydrogens (tertiary/aromatic N) is 1. The number of hydrogen-bond donors (Lipinski definition) is 2. The topological polar surface area (TPSA) is 101 Å². The van der Waals surface area contributed by atoms with Gasteiger partial charge in [-0.15, -0.1) is 0 Å². The molecular weight excluding hydrogens is 387 g/mol. The number of carbonyl (C=O) groups is 1. The lowest BCUT2D eigenvalue weighted by molar-refractivity contribution is -0.137. The monoisotopic (exact) mass is 399 g/mol. The summed E-state index contributed by atoms with van der Waals surface area (Å²) >= 11 is 0. The van der Waals surface area contributed by atoms with Gasteiger partial charge in [0.25, 0.3) is 10.0 Å². The molecular formula is C16H12F3N3O4S. The highest BCUT2D eigenvalue weighted by Gasteiger charge is 2.30. The molecule has 0 spiro atoms. The summed E-state index contributed by atoms with van der Waals surface area (Å²) in [5, 5.41) is 6.75. The minimum absolute atomic E-state index is 0.0249. The Balaban J connectivity index is 1.92. The van der Waals surface area contributed by atoms with E-state index in [0.717, 1.165) is 12.1 Å². The number of halogens is 3. The Morgan fingerprint density at radius 3 is 2.41 bits per heavy atom. The molecule has 0 bridgehead atoms. The van der Waals surface area contributed by atoms with Crippen LogP contribution >= 0.6 is 0 Å². The van der Waals surface area contributed by atoms with Crippen molar-refractivity contribution in [3.63, 3.8) is 0 Å². The van der Waals surface area contributed by atoms with Crippen LogP contribution in [0, 0.1) is 0 Å². The minimum Gasteiger partial charge on any atom is -0.464 e. The summed E-state index contributed by atoms with van der Waals surface area (Å²) in [6, 6.07) is 7.38. The molecule has 142 valence electrons. The molecule has 0 aliphatic rings. The molecule has 2 N–H and O–H groups in total. The van der Waals surface area contributed by atoms with Gasteiger partial charge >= 0.3 is 12.1 Å². The first-order valence-corrected chi connectivity index (χ1v) is 8.86. The van der Waals surface area contributed by atoms with E-state index in [1.54, 1.807) is 0 Å². The van der Waals surface area contributed by atoms with Gasteiger partial charge in [0.1, 0.15) is 0 Å². The zero-order chi connectivity index (χ0) is 19.8. The summed E-state index contributed by atoms with van der Waals surface area (Å²) in [7, 11) is -2.95. The molecule has 1 aromatic heterocycles. The maximum absolute atomic E-state index is 12.6. The lowest BCUT2D eigenvalue weighted by Gasteiger charge is -2.10. The third-order valence-electron chi connectivity index (χ3n) is 3.69. The van der Waals surface area contributed by atoms with Crippen molar-refractivity contribution in [1.82, 2.24) is 10.2 Å². The number of alkyl halides is 3. The van der Waals surface area contributed by atoms with Gasteiger partial charge in [0, 0.05) is 11.1 Å². The molecule has 11 heteroatoms. The predicted octanol–water partition coefficient (Wildman–Crippen LogP) is 3.17. The standard InChI is InChI=1S/C16H12F3N3O4S/c1-26-15(23)14-12-8-10(4-7-13(12)20-21-14)22-27(24,25)11-5-2-9(3-6-11)16(17,18)19/h2-8,22H,1H3,(H,20,21). The zero-order valence-corrected chi connectivity index (χ0v) is 14.5. The van der Waals surface area contributed by atoms with Crippen molar-refractivity contribution in [3.05, 3.63) is 53.7 Å². The Morgan fingerprint density at radius 2 is 1.81 bits per heavy atom. The lowest BCUT2D eigenvalue weighted by atomic mass is 10.2. The van der Waals surface area contributed by atoms with Crippen molar-refractivity contribution in [2.24, 2.45) is 0 Å². The normalized spacial score (nSPS) is 12.1. The summed E-state index contributed by atoms with van der Waals surface area (Å²) < 4.78 is 69.5. The lowest BCUT2D eigenvalue weighted by Crippen LogP contribution is -2.13. The van der Waals surface area contributed by atoms with Crippen molar-refractivity contribution in [1.29, 1.82) is 0 Å². The number of carbonyl (C=O) groups excluding carboxylic acids is 1. The molecule has 0 atom stereocenters. The van der Waals surface area contributed by atoms with Gasteiger partial charge in [-0.2, -0.15) is 18.3 Å². The van der Waals surface area contributed by atoms with E-state index in [0.29, 0.717) is 23.0 Å². The predicted molar refractivity (Wildman–Crippen MR) is 89.7 cm³/mol. The Morgan fingerprint density at radius 1 is 1.15 bits per heavy atom. The molecule has 0 aliphatic carbocycles. The number of methoxy groups -OCH3 is 1. The van der Waals surface area contributed by atoms with Gasteiger partial charge in [-0.3, -0.25) is 9.82 Å². The first-order chi connectivity index (χ1) is 12.6. The van der Waals surface area contributed by atoms with Gasteiger partial charge in [-0.1, -0.05) is 0 Å². The number of esters is 1. The van der Waals surface area contributed by atoms with Crippen LogP contribution in [-0.2, 0) is 20.9 Å². The number of H-pyrrole nitrogens is 1. The molecule has 0 fully saturated rings. The average molecular weight is 399 g/mol. The van der Waals surface area contributed by atoms with Gasteiger partial charge in [-0.25, -0.2) is 13.2 Å². The van der Waals surface area contributed by atoms with E-state index in [1.165, 1.54) is 25.3 Å². The van der Waals surface area contributed by atoms with Crippen LogP contribution in [0.25, 0.3) is 10.9 Å². The van der Waals surface area contributed by atoms with Crippen LogP contribution in [0.2, 0.25) is 0 Å². The molecule has 0 aliphatic heterocycles. The third kappa shape index (κ3) is 3.72. The molecule has 27 heavy (non-hydrogen) atoms. The molecule has 7 nitrogen and oxygen atoms in total. The molecule has 0 amide bonds. The number of aromatic amines is 1. The van der Waals surface area contributed by atoms with Gasteiger partial charge < -0.3 is 4.74 Å². The number of hydrogen-bond acceptors (Lipinski definition) is 5. The Bertz CT molecular complexity index is 1110. The molecule has 3 rings (SSSR count). The van der Waals surface area contributed by atoms with E-state index in [-0.39, 0.29) is 16.3 Å². The smallest absolute Gasteiger partial charge is 0.416 e. The van der Waals surface area contributed by atoms with Gasteiger partial charge in [-0.05, 0) is 42.5 Å². The highest BCUT2D eigenvalue weighted by Crippen LogP contribution is 2.30. The zero-order valence-electron chi connectivity index (χ0n) is 13.7. The SMILES string of the molecule is COC(=O)c1n[nH]c2ccc(NS(=O)(=O)c3ccc(C(F)(F)F)cc3)cc12. The molecule has 0 saturated heterocycles. The van der Waals surface area contributed by atoms with Gasteiger partial charge in [0.05, 0.1) is 23.1 Å². The Hall–Kier alpha value is -3.08. The first kappa shape index (κ1) is 18.7. The number of aromatic nitrogens is 2. The summed E-state index contributed by atoms with van der Waals surface area (Å²) in [5.74, 6) is -0.705. The fraction of sp³-hybridized carbons (Fsp3) is 0.125. The van der Waals surface area contributed by atoms with Crippen LogP contribution in [-0.4, -0.2) is 31.7 Å². The minimum atomic E-state index is -4.56. The Labute approximate surface area is 151 Å². The number of nitrogens with one attached hydrogen (secondary N) is 2. The number of ether oxygens (including phenoxy) is 1. The fourth-order valence-corrected chi connectivity index (χ4v) is 3.42. The van der Waals surface area contributed by atoms with Crippen LogP contribution in [0.3, 0.4) is 0 Å². The summed E-state index contributed by atoms with van der Waals surface area (Å²) in [5.41, 5.74) is -0.395. The van der Waals surface area contributed by atoms with Crippen LogP contribution in [0.15, 0.2) is 47.4 Å². The van der Waals surface area contributed by atoms with Gasteiger partial charge in [0.15, 0.2) is 5.69 Å². The molecule has 0 saturated carbocycles.